The van der Waals surface area contributed by atoms with Crippen LogP contribution in [0.4, 0.5) is 4.39 Å². The first kappa shape index (κ1) is 17.3. The van der Waals surface area contributed by atoms with E-state index in [1.165, 1.54) is 12.1 Å². The molecule has 0 aliphatic carbocycles. The normalized spacial score (nSPS) is 16.0. The predicted molar refractivity (Wildman–Crippen MR) is 99.9 cm³/mol. The van der Waals surface area contributed by atoms with Gasteiger partial charge in [0.15, 0.2) is 0 Å². The fraction of sp³-hybridized carbons (Fsp3) is 0.238. The topological polar surface area (TPSA) is 69.2 Å². The lowest BCUT2D eigenvalue weighted by Gasteiger charge is -2.26. The van der Waals surface area contributed by atoms with Crippen molar-refractivity contribution in [3.8, 4) is 17.0 Å². The number of aromatic hydroxyl groups is 1. The highest BCUT2D eigenvalue weighted by atomic mass is 19.1. The number of amides is 1. The first-order valence-electron chi connectivity index (χ1n) is 9.05. The number of aromatic amines is 1. The number of para-hydroxylation sites is 1. The van der Waals surface area contributed by atoms with Gasteiger partial charge in [0.25, 0.3) is 5.91 Å². The number of rotatable bonds is 5. The Hall–Kier alpha value is -3.15. The fourth-order valence-electron chi connectivity index (χ4n) is 3.63. The van der Waals surface area contributed by atoms with Crippen LogP contribution in [-0.2, 0) is 0 Å². The second kappa shape index (κ2) is 6.87. The van der Waals surface area contributed by atoms with E-state index in [0.717, 1.165) is 24.0 Å². The van der Waals surface area contributed by atoms with Gasteiger partial charge < -0.3 is 10.0 Å². The molecule has 1 aromatic heterocycles. The molecule has 138 valence electrons. The highest BCUT2D eigenvalue weighted by molar-refractivity contribution is 6.00. The third-order valence-corrected chi connectivity index (χ3v) is 4.96. The summed E-state index contributed by atoms with van der Waals surface area (Å²) in [6.07, 6.45) is 1.82. The van der Waals surface area contributed by atoms with Gasteiger partial charge in [-0.3, -0.25) is 9.89 Å². The Morgan fingerprint density at radius 3 is 2.63 bits per heavy atom. The van der Waals surface area contributed by atoms with E-state index in [2.05, 4.69) is 17.1 Å². The van der Waals surface area contributed by atoms with Crippen molar-refractivity contribution < 1.29 is 14.3 Å². The van der Waals surface area contributed by atoms with Gasteiger partial charge in [0, 0.05) is 17.7 Å². The standard InChI is InChI=1S/C21H20FN3O2/c1-2-3-12-25-20(13-8-10-14(22)11-9-13)17-18(23-24-19(17)21(25)27)15-6-4-5-7-16(15)26/h4-11,20,26H,2-3,12H2,1H3,(H,23,24)/t20-/m0/s1. The Kier molecular flexibility index (Phi) is 4.39. The predicted octanol–water partition coefficient (Wildman–Crippen LogP) is 4.27. The number of halogens is 1. The molecule has 1 aliphatic rings. The number of unbranched alkanes of at least 4 members (excludes halogenated alkanes) is 1. The molecule has 0 fully saturated rings. The van der Waals surface area contributed by atoms with Crippen molar-refractivity contribution in [3.05, 3.63) is 71.2 Å². The number of fused-ring (bicyclic) bond motifs is 1. The van der Waals surface area contributed by atoms with Crippen LogP contribution >= 0.6 is 0 Å². The molecular weight excluding hydrogens is 345 g/mol. The number of nitrogens with zero attached hydrogens (tertiary/aromatic N) is 2. The SMILES string of the molecule is CCCCN1C(=O)c2[nH]nc(-c3ccccc3O)c2[C@@H]1c1ccc(F)cc1. The number of hydrogen-bond donors (Lipinski definition) is 2. The lowest BCUT2D eigenvalue weighted by Crippen LogP contribution is -2.30. The van der Waals surface area contributed by atoms with Gasteiger partial charge in [-0.25, -0.2) is 4.39 Å². The average Bonchev–Trinajstić information content (AvgIpc) is 3.21. The molecule has 6 heteroatoms. The van der Waals surface area contributed by atoms with Crippen molar-refractivity contribution in [2.45, 2.75) is 25.8 Å². The summed E-state index contributed by atoms with van der Waals surface area (Å²) in [6, 6.07) is 12.7. The summed E-state index contributed by atoms with van der Waals surface area (Å²) in [6.45, 7) is 2.67. The molecular formula is C21H20FN3O2. The summed E-state index contributed by atoms with van der Waals surface area (Å²) in [7, 11) is 0. The van der Waals surface area contributed by atoms with E-state index in [-0.39, 0.29) is 23.5 Å². The van der Waals surface area contributed by atoms with Crippen LogP contribution < -0.4 is 0 Å². The van der Waals surface area contributed by atoms with Crippen molar-refractivity contribution in [2.24, 2.45) is 0 Å². The first-order chi connectivity index (χ1) is 13.1. The molecule has 5 nitrogen and oxygen atoms in total. The van der Waals surface area contributed by atoms with Gasteiger partial charge in [0.1, 0.15) is 23.0 Å². The molecule has 2 N–H and O–H groups in total. The highest BCUT2D eigenvalue weighted by Crippen LogP contribution is 2.44. The van der Waals surface area contributed by atoms with E-state index >= 15 is 0 Å². The van der Waals surface area contributed by atoms with Crippen molar-refractivity contribution in [1.82, 2.24) is 15.1 Å². The number of phenolic OH excluding ortho intramolecular Hbond substituents is 1. The second-order valence-corrected chi connectivity index (χ2v) is 6.68. The Morgan fingerprint density at radius 1 is 1.19 bits per heavy atom. The molecule has 0 radical (unpaired) electrons. The van der Waals surface area contributed by atoms with Crippen LogP contribution in [0.1, 0.15) is 47.4 Å². The molecule has 0 unspecified atom stereocenters. The van der Waals surface area contributed by atoms with Crippen molar-refractivity contribution >= 4 is 5.91 Å². The zero-order valence-electron chi connectivity index (χ0n) is 14.9. The Labute approximate surface area is 156 Å². The third-order valence-electron chi connectivity index (χ3n) is 4.96. The number of H-pyrrole nitrogens is 1. The Morgan fingerprint density at radius 2 is 1.93 bits per heavy atom. The molecule has 2 heterocycles. The number of hydrogen-bond acceptors (Lipinski definition) is 3. The lowest BCUT2D eigenvalue weighted by molar-refractivity contribution is 0.0741. The van der Waals surface area contributed by atoms with Gasteiger partial charge in [-0.1, -0.05) is 37.6 Å². The van der Waals surface area contributed by atoms with Gasteiger partial charge in [0.2, 0.25) is 0 Å². The summed E-state index contributed by atoms with van der Waals surface area (Å²) < 4.78 is 13.5. The van der Waals surface area contributed by atoms with Crippen molar-refractivity contribution in [1.29, 1.82) is 0 Å². The van der Waals surface area contributed by atoms with Crippen LogP contribution in [0.2, 0.25) is 0 Å². The second-order valence-electron chi connectivity index (χ2n) is 6.68. The van der Waals surface area contributed by atoms with E-state index in [4.69, 9.17) is 0 Å². The summed E-state index contributed by atoms with van der Waals surface area (Å²) in [4.78, 5) is 14.8. The maximum Gasteiger partial charge on any atom is 0.273 e. The number of carbonyl (C=O) groups excluding carboxylic acids is 1. The average molecular weight is 365 g/mol. The van der Waals surface area contributed by atoms with Crippen molar-refractivity contribution in [2.75, 3.05) is 6.54 Å². The minimum absolute atomic E-state index is 0.101. The van der Waals surface area contributed by atoms with E-state index in [1.807, 2.05) is 6.07 Å². The number of benzene rings is 2. The molecule has 0 saturated carbocycles. The van der Waals surface area contributed by atoms with Gasteiger partial charge in [-0.2, -0.15) is 5.10 Å². The minimum Gasteiger partial charge on any atom is -0.507 e. The lowest BCUT2D eigenvalue weighted by atomic mass is 9.95. The summed E-state index contributed by atoms with van der Waals surface area (Å²) in [5.41, 5.74) is 3.08. The Bertz CT molecular complexity index is 981. The molecule has 27 heavy (non-hydrogen) atoms. The van der Waals surface area contributed by atoms with E-state index in [1.54, 1.807) is 35.2 Å². The minimum atomic E-state index is -0.368. The molecule has 1 atom stereocenters. The van der Waals surface area contributed by atoms with Crippen LogP contribution in [0.5, 0.6) is 5.75 Å². The first-order valence-corrected chi connectivity index (χ1v) is 9.05. The summed E-state index contributed by atoms with van der Waals surface area (Å²) in [5.74, 6) is -0.345. The van der Waals surface area contributed by atoms with Crippen LogP contribution in [0, 0.1) is 5.82 Å². The van der Waals surface area contributed by atoms with E-state index in [0.29, 0.717) is 23.5 Å². The maximum absolute atomic E-state index is 13.5. The molecule has 2 aromatic carbocycles. The Balaban J connectivity index is 1.88. The van der Waals surface area contributed by atoms with Crippen LogP contribution in [0.3, 0.4) is 0 Å². The number of aromatic nitrogens is 2. The molecule has 4 rings (SSSR count). The fourth-order valence-corrected chi connectivity index (χ4v) is 3.63. The smallest absolute Gasteiger partial charge is 0.273 e. The molecule has 3 aromatic rings. The van der Waals surface area contributed by atoms with Crippen molar-refractivity contribution in [3.63, 3.8) is 0 Å². The van der Waals surface area contributed by atoms with Crippen LogP contribution in [-0.4, -0.2) is 32.7 Å². The third kappa shape index (κ3) is 2.87. The molecule has 0 bridgehead atoms. The van der Waals surface area contributed by atoms with E-state index < -0.39 is 0 Å². The van der Waals surface area contributed by atoms with Crippen LogP contribution in [0.15, 0.2) is 48.5 Å². The molecule has 1 amide bonds. The van der Waals surface area contributed by atoms with Crippen LogP contribution in [0.25, 0.3) is 11.3 Å². The number of phenols is 1. The molecule has 0 spiro atoms. The largest absolute Gasteiger partial charge is 0.507 e. The monoisotopic (exact) mass is 365 g/mol. The summed E-state index contributed by atoms with van der Waals surface area (Å²) in [5, 5.41) is 17.5. The van der Waals surface area contributed by atoms with E-state index in [9.17, 15) is 14.3 Å². The zero-order chi connectivity index (χ0) is 19.0. The van der Waals surface area contributed by atoms with Gasteiger partial charge in [0.05, 0.1) is 6.04 Å². The summed E-state index contributed by atoms with van der Waals surface area (Å²) >= 11 is 0. The van der Waals surface area contributed by atoms with Gasteiger partial charge in [-0.15, -0.1) is 0 Å². The van der Waals surface area contributed by atoms with Gasteiger partial charge in [-0.05, 0) is 36.2 Å². The quantitative estimate of drug-likeness (QED) is 0.709. The highest BCUT2D eigenvalue weighted by Gasteiger charge is 2.42. The molecule has 0 saturated heterocycles. The van der Waals surface area contributed by atoms with Gasteiger partial charge >= 0.3 is 0 Å². The zero-order valence-corrected chi connectivity index (χ0v) is 14.9. The number of nitrogens with one attached hydrogen (secondary N) is 1. The molecule has 1 aliphatic heterocycles. The number of carbonyl (C=O) groups is 1. The maximum atomic E-state index is 13.5.